The molecular formula is C16H18F2N2O. The Labute approximate surface area is 122 Å². The summed E-state index contributed by atoms with van der Waals surface area (Å²) in [5, 5.41) is 0. The molecule has 5 heteroatoms. The zero-order valence-corrected chi connectivity index (χ0v) is 12.0. The van der Waals surface area contributed by atoms with Crippen molar-refractivity contribution in [2.24, 2.45) is 5.84 Å². The van der Waals surface area contributed by atoms with Gasteiger partial charge in [-0.25, -0.2) is 8.78 Å². The van der Waals surface area contributed by atoms with Gasteiger partial charge in [0, 0.05) is 12.1 Å². The number of ether oxygens (including phenoxy) is 1. The Morgan fingerprint density at radius 2 is 1.81 bits per heavy atom. The number of nitrogens with two attached hydrogens (primary N) is 1. The molecule has 0 amide bonds. The maximum Gasteiger partial charge on any atom is 0.126 e. The minimum atomic E-state index is -0.591. The maximum absolute atomic E-state index is 13.2. The number of methoxy groups -OCH3 is 1. The fourth-order valence-electron chi connectivity index (χ4n) is 2.36. The van der Waals surface area contributed by atoms with Gasteiger partial charge in [0.2, 0.25) is 0 Å². The van der Waals surface area contributed by atoms with E-state index in [-0.39, 0.29) is 6.04 Å². The quantitative estimate of drug-likeness (QED) is 0.658. The van der Waals surface area contributed by atoms with E-state index in [1.54, 1.807) is 7.11 Å². The summed E-state index contributed by atoms with van der Waals surface area (Å²) in [6.07, 6.45) is 0.386. The highest BCUT2D eigenvalue weighted by Gasteiger charge is 2.13. The van der Waals surface area contributed by atoms with Crippen molar-refractivity contribution in [1.82, 2.24) is 5.43 Å². The van der Waals surface area contributed by atoms with Gasteiger partial charge in [-0.2, -0.15) is 0 Å². The molecule has 2 aromatic rings. The Kier molecular flexibility index (Phi) is 4.88. The smallest absolute Gasteiger partial charge is 0.126 e. The lowest BCUT2D eigenvalue weighted by Crippen LogP contribution is -2.29. The number of rotatable bonds is 5. The van der Waals surface area contributed by atoms with E-state index < -0.39 is 11.6 Å². The number of aryl methyl sites for hydroxylation is 1. The van der Waals surface area contributed by atoms with Crippen molar-refractivity contribution in [2.75, 3.05) is 7.11 Å². The van der Waals surface area contributed by atoms with E-state index in [0.717, 1.165) is 22.9 Å². The average Bonchev–Trinajstić information content (AvgIpc) is 2.43. The van der Waals surface area contributed by atoms with E-state index in [1.165, 1.54) is 12.1 Å². The molecule has 3 N–H and O–H groups in total. The highest BCUT2D eigenvalue weighted by atomic mass is 19.1. The van der Waals surface area contributed by atoms with Gasteiger partial charge in [-0.15, -0.1) is 0 Å². The van der Waals surface area contributed by atoms with Gasteiger partial charge >= 0.3 is 0 Å². The van der Waals surface area contributed by atoms with E-state index in [9.17, 15) is 8.78 Å². The minimum absolute atomic E-state index is 0.240. The molecule has 1 atom stereocenters. The zero-order valence-electron chi connectivity index (χ0n) is 12.0. The molecule has 0 saturated carbocycles. The third kappa shape index (κ3) is 3.77. The Morgan fingerprint density at radius 3 is 2.33 bits per heavy atom. The second kappa shape index (κ2) is 6.65. The molecule has 0 bridgehead atoms. The van der Waals surface area contributed by atoms with Crippen molar-refractivity contribution >= 4 is 0 Å². The molecule has 0 saturated heterocycles. The second-order valence-corrected chi connectivity index (χ2v) is 4.93. The normalized spacial score (nSPS) is 12.2. The van der Waals surface area contributed by atoms with Crippen molar-refractivity contribution in [3.05, 3.63) is 64.7 Å². The Morgan fingerprint density at radius 1 is 1.14 bits per heavy atom. The van der Waals surface area contributed by atoms with Gasteiger partial charge in [-0.05, 0) is 48.2 Å². The first-order chi connectivity index (χ1) is 10.0. The van der Waals surface area contributed by atoms with Crippen molar-refractivity contribution in [3.63, 3.8) is 0 Å². The van der Waals surface area contributed by atoms with Gasteiger partial charge in [0.25, 0.3) is 0 Å². The number of hydrogen-bond acceptors (Lipinski definition) is 3. The van der Waals surface area contributed by atoms with E-state index in [4.69, 9.17) is 10.6 Å². The van der Waals surface area contributed by atoms with Crippen LogP contribution < -0.4 is 16.0 Å². The van der Waals surface area contributed by atoms with E-state index in [2.05, 4.69) is 5.43 Å². The lowest BCUT2D eigenvalue weighted by Gasteiger charge is -2.18. The van der Waals surface area contributed by atoms with Gasteiger partial charge < -0.3 is 4.74 Å². The van der Waals surface area contributed by atoms with Gasteiger partial charge in [0.15, 0.2) is 0 Å². The van der Waals surface area contributed by atoms with Gasteiger partial charge in [-0.3, -0.25) is 11.3 Å². The molecule has 2 aromatic carbocycles. The number of benzene rings is 2. The van der Waals surface area contributed by atoms with Crippen LogP contribution in [0.4, 0.5) is 8.78 Å². The van der Waals surface area contributed by atoms with Crippen LogP contribution in [0.3, 0.4) is 0 Å². The molecule has 0 aliphatic heterocycles. The second-order valence-electron chi connectivity index (χ2n) is 4.93. The zero-order chi connectivity index (χ0) is 15.4. The van der Waals surface area contributed by atoms with E-state index >= 15 is 0 Å². The molecule has 3 nitrogen and oxygen atoms in total. The highest BCUT2D eigenvalue weighted by molar-refractivity contribution is 5.38. The van der Waals surface area contributed by atoms with Crippen LogP contribution in [0, 0.1) is 18.6 Å². The highest BCUT2D eigenvalue weighted by Crippen LogP contribution is 2.24. The fourth-order valence-corrected chi connectivity index (χ4v) is 2.36. The Bertz CT molecular complexity index is 611. The maximum atomic E-state index is 13.2. The average molecular weight is 292 g/mol. The summed E-state index contributed by atoms with van der Waals surface area (Å²) in [6.45, 7) is 1.93. The summed E-state index contributed by atoms with van der Waals surface area (Å²) < 4.78 is 31.7. The summed E-state index contributed by atoms with van der Waals surface area (Å²) in [4.78, 5) is 0. The number of halogens is 2. The molecule has 0 aromatic heterocycles. The molecule has 2 rings (SSSR count). The third-order valence-electron chi connectivity index (χ3n) is 3.38. The van der Waals surface area contributed by atoms with Gasteiger partial charge in [0.05, 0.1) is 7.11 Å². The van der Waals surface area contributed by atoms with Crippen LogP contribution in [0.25, 0.3) is 0 Å². The van der Waals surface area contributed by atoms with Crippen molar-refractivity contribution < 1.29 is 13.5 Å². The Hall–Kier alpha value is -1.98. The predicted octanol–water partition coefficient (Wildman–Crippen LogP) is 3.03. The van der Waals surface area contributed by atoms with Crippen LogP contribution in [-0.4, -0.2) is 7.11 Å². The SMILES string of the molecule is COc1ccc(C(Cc2cc(F)cc(F)c2)NN)cc1C. The molecule has 1 unspecified atom stereocenters. The molecule has 21 heavy (non-hydrogen) atoms. The molecule has 0 aliphatic rings. The van der Waals surface area contributed by atoms with Crippen LogP contribution in [0.2, 0.25) is 0 Å². The third-order valence-corrected chi connectivity index (χ3v) is 3.38. The minimum Gasteiger partial charge on any atom is -0.496 e. The summed E-state index contributed by atoms with van der Waals surface area (Å²) in [6, 6.07) is 8.90. The summed E-state index contributed by atoms with van der Waals surface area (Å²) in [5.41, 5.74) is 5.13. The van der Waals surface area contributed by atoms with Gasteiger partial charge in [-0.1, -0.05) is 12.1 Å². The largest absolute Gasteiger partial charge is 0.496 e. The monoisotopic (exact) mass is 292 g/mol. The molecule has 112 valence electrons. The fraction of sp³-hybridized carbons (Fsp3) is 0.250. The number of hydrazine groups is 1. The standard InChI is InChI=1S/C16H18F2N2O/c1-10-5-12(3-4-16(10)21-2)15(20-19)8-11-6-13(17)9-14(18)7-11/h3-7,9,15,20H,8,19H2,1-2H3. The van der Waals surface area contributed by atoms with Gasteiger partial charge in [0.1, 0.15) is 17.4 Å². The van der Waals surface area contributed by atoms with Crippen LogP contribution in [-0.2, 0) is 6.42 Å². The lowest BCUT2D eigenvalue weighted by molar-refractivity contribution is 0.411. The molecular weight excluding hydrogens is 274 g/mol. The molecule has 0 aliphatic carbocycles. The summed E-state index contributed by atoms with van der Waals surface area (Å²) >= 11 is 0. The topological polar surface area (TPSA) is 47.3 Å². The van der Waals surface area contributed by atoms with Crippen molar-refractivity contribution in [2.45, 2.75) is 19.4 Å². The van der Waals surface area contributed by atoms with Crippen LogP contribution in [0.15, 0.2) is 36.4 Å². The molecule has 0 fully saturated rings. The van der Waals surface area contributed by atoms with Crippen LogP contribution in [0.5, 0.6) is 5.75 Å². The van der Waals surface area contributed by atoms with E-state index in [0.29, 0.717) is 12.0 Å². The lowest BCUT2D eigenvalue weighted by atomic mass is 9.97. The molecule has 0 heterocycles. The Balaban J connectivity index is 2.25. The summed E-state index contributed by atoms with van der Waals surface area (Å²) in [7, 11) is 1.61. The van der Waals surface area contributed by atoms with Crippen LogP contribution >= 0.6 is 0 Å². The predicted molar refractivity (Wildman–Crippen MR) is 77.9 cm³/mol. The molecule has 0 radical (unpaired) electrons. The molecule has 0 spiro atoms. The van der Waals surface area contributed by atoms with Crippen molar-refractivity contribution in [1.29, 1.82) is 0 Å². The number of hydrogen-bond donors (Lipinski definition) is 2. The first-order valence-electron chi connectivity index (χ1n) is 6.59. The number of nitrogens with one attached hydrogen (secondary N) is 1. The van der Waals surface area contributed by atoms with Crippen LogP contribution in [0.1, 0.15) is 22.7 Å². The first-order valence-corrected chi connectivity index (χ1v) is 6.59. The summed E-state index contributed by atoms with van der Waals surface area (Å²) in [5.74, 6) is 5.18. The van der Waals surface area contributed by atoms with Crippen molar-refractivity contribution in [3.8, 4) is 5.75 Å². The van der Waals surface area contributed by atoms with E-state index in [1.807, 2.05) is 25.1 Å². The first kappa shape index (κ1) is 15.4.